The van der Waals surface area contributed by atoms with Gasteiger partial charge in [0.2, 0.25) is 6.29 Å². The van der Waals surface area contributed by atoms with Crippen LogP contribution in [0.4, 0.5) is 5.69 Å². The highest BCUT2D eigenvalue weighted by atomic mass is 32.1. The molecule has 1 unspecified atom stereocenters. The monoisotopic (exact) mass is 365 g/mol. The van der Waals surface area contributed by atoms with Gasteiger partial charge in [0.25, 0.3) is 0 Å². The summed E-state index contributed by atoms with van der Waals surface area (Å²) in [6.07, 6.45) is 2.56. The predicted molar refractivity (Wildman–Crippen MR) is 111 cm³/mol. The van der Waals surface area contributed by atoms with Crippen LogP contribution in [-0.4, -0.2) is 17.5 Å². The number of para-hydroxylation sites is 1. The molecular weight excluding hydrogens is 342 g/mol. The second-order valence-corrected chi connectivity index (χ2v) is 7.73. The van der Waals surface area contributed by atoms with Crippen LogP contribution in [0, 0.1) is 0 Å². The van der Waals surface area contributed by atoms with Crippen molar-refractivity contribution < 1.29 is 9.47 Å². The molecule has 0 saturated heterocycles. The normalized spacial score (nSPS) is 19.2. The largest absolute Gasteiger partial charge is 0.460 e. The van der Waals surface area contributed by atoms with Crippen molar-refractivity contribution in [2.24, 2.45) is 0 Å². The Kier molecular flexibility index (Phi) is 4.33. The van der Waals surface area contributed by atoms with Crippen LogP contribution in [0.25, 0.3) is 16.7 Å². The Morgan fingerprint density at radius 3 is 2.81 bits per heavy atom. The molecule has 1 atom stereocenters. The minimum atomic E-state index is -0.434. The molecule has 2 aromatic carbocycles. The maximum Gasteiger partial charge on any atom is 0.228 e. The van der Waals surface area contributed by atoms with E-state index in [2.05, 4.69) is 50.4 Å². The maximum atomic E-state index is 6.25. The van der Waals surface area contributed by atoms with Crippen molar-refractivity contribution in [2.75, 3.05) is 11.9 Å². The molecular formula is C22H23NO2S. The van der Waals surface area contributed by atoms with E-state index in [1.807, 2.05) is 18.2 Å². The van der Waals surface area contributed by atoms with E-state index in [1.54, 1.807) is 5.37 Å². The van der Waals surface area contributed by atoms with Gasteiger partial charge in [-0.3, -0.25) is 0 Å². The average molecular weight is 365 g/mol. The van der Waals surface area contributed by atoms with Crippen molar-refractivity contribution in [3.05, 3.63) is 53.6 Å². The molecule has 0 fully saturated rings. The van der Waals surface area contributed by atoms with Gasteiger partial charge in [0.15, 0.2) is 0 Å². The molecule has 0 radical (unpaired) electrons. The first-order valence-electron chi connectivity index (χ1n) is 8.96. The van der Waals surface area contributed by atoms with E-state index < -0.39 is 6.29 Å². The van der Waals surface area contributed by atoms with Crippen molar-refractivity contribution in [1.29, 1.82) is 0 Å². The van der Waals surface area contributed by atoms with Gasteiger partial charge in [0, 0.05) is 22.4 Å². The minimum Gasteiger partial charge on any atom is -0.460 e. The Hall–Kier alpha value is -2.17. The lowest BCUT2D eigenvalue weighted by molar-refractivity contribution is -0.0823. The van der Waals surface area contributed by atoms with E-state index in [1.165, 1.54) is 16.7 Å². The van der Waals surface area contributed by atoms with Crippen molar-refractivity contribution in [1.82, 2.24) is 0 Å². The lowest BCUT2D eigenvalue weighted by Crippen LogP contribution is -2.32. The lowest BCUT2D eigenvalue weighted by atomic mass is 9.84. The van der Waals surface area contributed by atoms with Crippen LogP contribution in [0.3, 0.4) is 0 Å². The third-order valence-corrected chi connectivity index (χ3v) is 5.06. The van der Waals surface area contributed by atoms with Crippen LogP contribution < -0.4 is 10.1 Å². The fourth-order valence-electron chi connectivity index (χ4n) is 3.93. The number of benzene rings is 2. The molecule has 4 rings (SSSR count). The number of anilines is 1. The van der Waals surface area contributed by atoms with Crippen molar-refractivity contribution in [3.63, 3.8) is 0 Å². The number of thiocarbonyl (C=S) groups is 1. The molecule has 4 heteroatoms. The summed E-state index contributed by atoms with van der Waals surface area (Å²) in [6.45, 7) is 7.06. The third kappa shape index (κ3) is 2.93. The highest BCUT2D eigenvalue weighted by Gasteiger charge is 2.33. The molecule has 0 amide bonds. The average Bonchev–Trinajstić information content (AvgIpc) is 2.60. The van der Waals surface area contributed by atoms with Gasteiger partial charge in [-0.25, -0.2) is 0 Å². The molecule has 0 saturated carbocycles. The van der Waals surface area contributed by atoms with Crippen LogP contribution in [-0.2, 0) is 4.74 Å². The van der Waals surface area contributed by atoms with E-state index in [9.17, 15) is 0 Å². The summed E-state index contributed by atoms with van der Waals surface area (Å²) in [5, 5.41) is 5.32. The van der Waals surface area contributed by atoms with E-state index in [4.69, 9.17) is 21.7 Å². The van der Waals surface area contributed by atoms with Gasteiger partial charge in [0.1, 0.15) is 5.75 Å². The molecule has 2 aliphatic rings. The van der Waals surface area contributed by atoms with E-state index in [-0.39, 0.29) is 5.54 Å². The number of nitrogens with one attached hydrogen (secondary N) is 1. The molecule has 26 heavy (non-hydrogen) atoms. The van der Waals surface area contributed by atoms with Gasteiger partial charge in [-0.1, -0.05) is 42.6 Å². The Morgan fingerprint density at radius 2 is 2.00 bits per heavy atom. The van der Waals surface area contributed by atoms with E-state index in [0.717, 1.165) is 29.0 Å². The standard InChI is InChI=1S/C22H23NO2S/c1-14-13-22(2,3)23-17-10-9-16-15-7-4-5-8-18(15)25-21(20(16)19(14)17)24-11-6-12-26/h4-5,7-10,12-13,21,23H,6,11H2,1-3H3. The molecule has 0 spiro atoms. The Bertz CT molecular complexity index is 901. The number of allylic oxidation sites excluding steroid dienone is 1. The second kappa shape index (κ2) is 6.53. The summed E-state index contributed by atoms with van der Waals surface area (Å²) < 4.78 is 12.3. The predicted octanol–water partition coefficient (Wildman–Crippen LogP) is 5.76. The molecule has 2 aliphatic heterocycles. The molecule has 3 nitrogen and oxygen atoms in total. The zero-order chi connectivity index (χ0) is 18.3. The Balaban J connectivity index is 1.89. The molecule has 134 valence electrons. The van der Waals surface area contributed by atoms with Crippen LogP contribution in [0.1, 0.15) is 44.6 Å². The third-order valence-electron chi connectivity index (χ3n) is 4.83. The first-order chi connectivity index (χ1) is 12.5. The van der Waals surface area contributed by atoms with Crippen molar-refractivity contribution in [3.8, 4) is 16.9 Å². The lowest BCUT2D eigenvalue weighted by Gasteiger charge is -2.36. The smallest absolute Gasteiger partial charge is 0.228 e. The quantitative estimate of drug-likeness (QED) is 0.551. The zero-order valence-electron chi connectivity index (χ0n) is 15.3. The van der Waals surface area contributed by atoms with Gasteiger partial charge in [-0.2, -0.15) is 0 Å². The molecule has 2 aromatic rings. The summed E-state index contributed by atoms with van der Waals surface area (Å²) in [4.78, 5) is 0. The molecule has 0 aromatic heterocycles. The highest BCUT2D eigenvalue weighted by molar-refractivity contribution is 7.78. The number of hydrogen-bond acceptors (Lipinski definition) is 4. The first kappa shape index (κ1) is 17.3. The molecule has 1 N–H and O–H groups in total. The molecule has 0 bridgehead atoms. The summed E-state index contributed by atoms with van der Waals surface area (Å²) >= 11 is 4.94. The van der Waals surface area contributed by atoms with Gasteiger partial charge >= 0.3 is 0 Å². The summed E-state index contributed by atoms with van der Waals surface area (Å²) in [6, 6.07) is 12.5. The summed E-state index contributed by atoms with van der Waals surface area (Å²) in [7, 11) is 0. The molecule has 2 heterocycles. The first-order valence-corrected chi connectivity index (χ1v) is 9.43. The van der Waals surface area contributed by atoms with Gasteiger partial charge < -0.3 is 14.8 Å². The van der Waals surface area contributed by atoms with E-state index in [0.29, 0.717) is 6.61 Å². The summed E-state index contributed by atoms with van der Waals surface area (Å²) in [5.74, 6) is 0.859. The van der Waals surface area contributed by atoms with Crippen molar-refractivity contribution >= 4 is 28.8 Å². The van der Waals surface area contributed by atoms with Crippen LogP contribution in [0.5, 0.6) is 5.75 Å². The van der Waals surface area contributed by atoms with Crippen LogP contribution in [0.2, 0.25) is 0 Å². The zero-order valence-corrected chi connectivity index (χ0v) is 16.2. The van der Waals surface area contributed by atoms with Gasteiger partial charge in [-0.05, 0) is 55.8 Å². The van der Waals surface area contributed by atoms with Crippen LogP contribution >= 0.6 is 12.2 Å². The fraction of sp³-hybridized carbons (Fsp3) is 0.318. The maximum absolute atomic E-state index is 6.25. The van der Waals surface area contributed by atoms with Gasteiger partial charge in [0.05, 0.1) is 12.1 Å². The fourth-order valence-corrected chi connectivity index (χ4v) is 4.03. The Morgan fingerprint density at radius 1 is 1.19 bits per heavy atom. The highest BCUT2D eigenvalue weighted by Crippen LogP contribution is 2.49. The topological polar surface area (TPSA) is 30.5 Å². The second-order valence-electron chi connectivity index (χ2n) is 7.40. The van der Waals surface area contributed by atoms with E-state index >= 15 is 0 Å². The minimum absolute atomic E-state index is 0.0770. The summed E-state index contributed by atoms with van der Waals surface area (Å²) in [5.41, 5.74) is 6.86. The molecule has 0 aliphatic carbocycles. The van der Waals surface area contributed by atoms with Crippen LogP contribution in [0.15, 0.2) is 42.5 Å². The number of hydrogen-bond donors (Lipinski definition) is 1. The van der Waals surface area contributed by atoms with Gasteiger partial charge in [-0.15, -0.1) is 0 Å². The van der Waals surface area contributed by atoms with Crippen molar-refractivity contribution in [2.45, 2.75) is 39.0 Å². The number of ether oxygens (including phenoxy) is 2. The number of rotatable bonds is 4. The SMILES string of the molecule is CC1=CC(C)(C)Nc2ccc3c(c21)C(OCCC=S)Oc1ccccc1-3. The number of fused-ring (bicyclic) bond motifs is 5. The Labute approximate surface area is 160 Å².